The molecule has 1 heterocycles. The Morgan fingerprint density at radius 3 is 2.86 bits per heavy atom. The predicted molar refractivity (Wildman–Crippen MR) is 77.6 cm³/mol. The molecule has 0 aliphatic rings. The van der Waals surface area contributed by atoms with Crippen LogP contribution in [0.3, 0.4) is 0 Å². The van der Waals surface area contributed by atoms with Crippen LogP contribution in [0.1, 0.15) is 5.56 Å². The third kappa shape index (κ3) is 3.26. The van der Waals surface area contributed by atoms with Crippen molar-refractivity contribution in [3.8, 4) is 11.5 Å². The van der Waals surface area contributed by atoms with Crippen LogP contribution in [-0.4, -0.2) is 21.0 Å². The van der Waals surface area contributed by atoms with Gasteiger partial charge in [0.2, 0.25) is 5.75 Å². The van der Waals surface area contributed by atoms with E-state index >= 15 is 0 Å². The summed E-state index contributed by atoms with van der Waals surface area (Å²) in [5, 5.41) is 22.6. The van der Waals surface area contributed by atoms with Crippen molar-refractivity contribution in [2.24, 2.45) is 10.9 Å². The Kier molecular flexibility index (Phi) is 4.33. The summed E-state index contributed by atoms with van der Waals surface area (Å²) in [6.45, 7) is 0. The molecule has 0 bridgehead atoms. The van der Waals surface area contributed by atoms with Crippen LogP contribution in [0.4, 0.5) is 5.69 Å². The van der Waals surface area contributed by atoms with Crippen LogP contribution in [0.15, 0.2) is 46.3 Å². The first-order valence-electron chi connectivity index (χ1n) is 5.56. The minimum Gasteiger partial charge on any atom is -0.448 e. The molecule has 8 nitrogen and oxygen atoms in total. The molecule has 0 fully saturated rings. The van der Waals surface area contributed by atoms with Gasteiger partial charge in [-0.25, -0.2) is 0 Å². The summed E-state index contributed by atoms with van der Waals surface area (Å²) in [5.74, 6) is -0.0337. The number of oxime groups is 1. The first kappa shape index (κ1) is 14.7. The van der Waals surface area contributed by atoms with Crippen LogP contribution in [0.2, 0.25) is 0 Å². The lowest BCUT2D eigenvalue weighted by Gasteiger charge is -2.09. The lowest BCUT2D eigenvalue weighted by Crippen LogP contribution is -2.14. The molecule has 0 radical (unpaired) electrons. The minimum atomic E-state index is -0.570. The third-order valence-electron chi connectivity index (χ3n) is 2.51. The lowest BCUT2D eigenvalue weighted by atomic mass is 10.2. The third-order valence-corrected chi connectivity index (χ3v) is 3.00. The van der Waals surface area contributed by atoms with Crippen LogP contribution in [-0.2, 0) is 0 Å². The molecule has 21 heavy (non-hydrogen) atoms. The number of amidine groups is 1. The molecule has 0 unspecified atom stereocenters. The number of benzene rings is 1. The van der Waals surface area contributed by atoms with Gasteiger partial charge in [-0.05, 0) is 18.2 Å². The van der Waals surface area contributed by atoms with Crippen molar-refractivity contribution in [2.45, 2.75) is 0 Å². The van der Waals surface area contributed by atoms with Crippen molar-refractivity contribution in [1.29, 1.82) is 0 Å². The van der Waals surface area contributed by atoms with Crippen molar-refractivity contribution in [3.05, 3.63) is 56.8 Å². The maximum Gasteiger partial charge on any atom is 0.312 e. The molecule has 1 aromatic heterocycles. The van der Waals surface area contributed by atoms with E-state index in [0.717, 1.165) is 0 Å². The normalized spacial score (nSPS) is 11.2. The molecule has 0 saturated heterocycles. The second-order valence-electron chi connectivity index (χ2n) is 3.83. The zero-order chi connectivity index (χ0) is 15.4. The monoisotopic (exact) mass is 352 g/mol. The summed E-state index contributed by atoms with van der Waals surface area (Å²) >= 11 is 3.15. The Balaban J connectivity index is 2.46. The number of nitrogens with zero attached hydrogens (tertiary/aromatic N) is 3. The number of nitrogens with two attached hydrogens (primary N) is 1. The molecule has 0 spiro atoms. The lowest BCUT2D eigenvalue weighted by molar-refractivity contribution is -0.385. The molecule has 9 heteroatoms. The molecule has 1 aromatic carbocycles. The largest absolute Gasteiger partial charge is 0.448 e. The molecule has 2 rings (SSSR count). The molecular formula is C12H9BrN4O4. The van der Waals surface area contributed by atoms with E-state index in [-0.39, 0.29) is 28.6 Å². The highest BCUT2D eigenvalue weighted by Crippen LogP contribution is 2.34. The van der Waals surface area contributed by atoms with Crippen molar-refractivity contribution in [1.82, 2.24) is 4.98 Å². The summed E-state index contributed by atoms with van der Waals surface area (Å²) in [4.78, 5) is 14.3. The number of nitro groups is 1. The average molecular weight is 353 g/mol. The summed E-state index contributed by atoms with van der Waals surface area (Å²) in [5.41, 5.74) is 5.57. The van der Waals surface area contributed by atoms with Gasteiger partial charge in [-0.1, -0.05) is 21.1 Å². The number of halogens is 1. The molecule has 108 valence electrons. The van der Waals surface area contributed by atoms with Gasteiger partial charge in [-0.15, -0.1) is 0 Å². The van der Waals surface area contributed by atoms with Gasteiger partial charge in [0.15, 0.2) is 11.6 Å². The molecule has 3 N–H and O–H groups in total. The van der Waals surface area contributed by atoms with Crippen molar-refractivity contribution >= 4 is 27.5 Å². The highest BCUT2D eigenvalue weighted by Gasteiger charge is 2.18. The van der Waals surface area contributed by atoms with Crippen LogP contribution in [0.5, 0.6) is 11.5 Å². The topological polar surface area (TPSA) is 124 Å². The first-order valence-corrected chi connectivity index (χ1v) is 6.36. The quantitative estimate of drug-likeness (QED) is 0.286. The fourth-order valence-electron chi connectivity index (χ4n) is 1.56. The number of rotatable bonds is 4. The van der Waals surface area contributed by atoms with Gasteiger partial charge in [0.05, 0.1) is 16.7 Å². The van der Waals surface area contributed by atoms with Crippen LogP contribution in [0.25, 0.3) is 0 Å². The van der Waals surface area contributed by atoms with Gasteiger partial charge in [-0.2, -0.15) is 0 Å². The maximum atomic E-state index is 11.0. The number of nitro benzene ring substituents is 1. The van der Waals surface area contributed by atoms with E-state index < -0.39 is 4.92 Å². The Morgan fingerprint density at radius 2 is 2.19 bits per heavy atom. The van der Waals surface area contributed by atoms with Gasteiger partial charge >= 0.3 is 5.69 Å². The van der Waals surface area contributed by atoms with Gasteiger partial charge in [0.25, 0.3) is 0 Å². The van der Waals surface area contributed by atoms with Crippen LogP contribution in [0, 0.1) is 10.1 Å². The highest BCUT2D eigenvalue weighted by molar-refractivity contribution is 9.10. The highest BCUT2D eigenvalue weighted by atomic mass is 79.9. The van der Waals surface area contributed by atoms with Crippen LogP contribution >= 0.6 is 15.9 Å². The van der Waals surface area contributed by atoms with Gasteiger partial charge < -0.3 is 15.7 Å². The molecule has 0 atom stereocenters. The Morgan fingerprint density at radius 1 is 1.43 bits per heavy atom. The zero-order valence-corrected chi connectivity index (χ0v) is 12.0. The van der Waals surface area contributed by atoms with Crippen molar-refractivity contribution in [2.75, 3.05) is 0 Å². The second kappa shape index (κ2) is 6.18. The molecule has 0 saturated carbocycles. The van der Waals surface area contributed by atoms with Gasteiger partial charge in [-0.3, -0.25) is 15.1 Å². The molecular weight excluding hydrogens is 344 g/mol. The summed E-state index contributed by atoms with van der Waals surface area (Å²) < 4.78 is 6.03. The standard InChI is InChI=1S/C12H9BrN4O4/c13-7-1-2-10(9(5-7)17(19)20)21-11-6-15-4-3-8(11)12(14)16-18/h1-6,18H,(H2,14,16). The van der Waals surface area contributed by atoms with Crippen molar-refractivity contribution in [3.63, 3.8) is 0 Å². The predicted octanol–water partition coefficient (Wildman–Crippen LogP) is 2.64. The number of hydrogen-bond acceptors (Lipinski definition) is 6. The van der Waals surface area contributed by atoms with E-state index in [4.69, 9.17) is 15.7 Å². The first-order chi connectivity index (χ1) is 10.0. The van der Waals surface area contributed by atoms with E-state index in [0.29, 0.717) is 4.47 Å². The fraction of sp³-hybridized carbons (Fsp3) is 0. The number of ether oxygens (including phenoxy) is 1. The van der Waals surface area contributed by atoms with E-state index in [1.165, 1.54) is 30.6 Å². The molecule has 0 aliphatic carbocycles. The smallest absolute Gasteiger partial charge is 0.312 e. The number of pyridine rings is 1. The molecule has 2 aromatic rings. The van der Waals surface area contributed by atoms with Gasteiger partial charge in [0.1, 0.15) is 0 Å². The van der Waals surface area contributed by atoms with E-state index in [1.807, 2.05) is 0 Å². The Hall–Kier alpha value is -2.68. The fourth-order valence-corrected chi connectivity index (χ4v) is 1.91. The Labute approximate surface area is 127 Å². The van der Waals surface area contributed by atoms with E-state index in [2.05, 4.69) is 26.1 Å². The SMILES string of the molecule is N/C(=N/O)c1ccncc1Oc1ccc(Br)cc1[N+](=O)[O-]. The van der Waals surface area contributed by atoms with Gasteiger partial charge in [0, 0.05) is 16.7 Å². The zero-order valence-electron chi connectivity index (χ0n) is 10.4. The summed E-state index contributed by atoms with van der Waals surface area (Å²) in [6, 6.07) is 5.82. The van der Waals surface area contributed by atoms with Crippen molar-refractivity contribution < 1.29 is 14.9 Å². The number of hydrogen-bond donors (Lipinski definition) is 2. The number of aromatic nitrogens is 1. The second-order valence-corrected chi connectivity index (χ2v) is 4.74. The molecule has 0 amide bonds. The van der Waals surface area contributed by atoms with E-state index in [1.54, 1.807) is 6.07 Å². The summed E-state index contributed by atoms with van der Waals surface area (Å²) in [6.07, 6.45) is 2.75. The maximum absolute atomic E-state index is 11.0. The Bertz CT molecular complexity index is 720. The summed E-state index contributed by atoms with van der Waals surface area (Å²) in [7, 11) is 0. The van der Waals surface area contributed by atoms with Crippen LogP contribution < -0.4 is 10.5 Å². The van der Waals surface area contributed by atoms with E-state index in [9.17, 15) is 10.1 Å². The minimum absolute atomic E-state index is 0.0168. The average Bonchev–Trinajstić information content (AvgIpc) is 2.48. The molecule has 0 aliphatic heterocycles.